The lowest BCUT2D eigenvalue weighted by Gasteiger charge is -2.13. The molecule has 0 spiro atoms. The second-order valence-corrected chi connectivity index (χ2v) is 5.94. The van der Waals surface area contributed by atoms with Crippen LogP contribution in [0.25, 0.3) is 0 Å². The van der Waals surface area contributed by atoms with Crippen molar-refractivity contribution in [3.05, 3.63) is 69.8 Å². The van der Waals surface area contributed by atoms with Crippen molar-refractivity contribution in [2.24, 2.45) is 0 Å². The highest BCUT2D eigenvalue weighted by molar-refractivity contribution is 5.76. The number of carbonyl (C=O) groups is 1. The van der Waals surface area contributed by atoms with Gasteiger partial charge in [0.15, 0.2) is 5.75 Å². The number of nitrogens with one attached hydrogen (secondary N) is 1. The fourth-order valence-electron chi connectivity index (χ4n) is 2.40. The first-order valence-corrected chi connectivity index (χ1v) is 8.17. The van der Waals surface area contributed by atoms with E-state index in [2.05, 4.69) is 5.32 Å². The van der Waals surface area contributed by atoms with Crippen molar-refractivity contribution in [1.29, 1.82) is 0 Å². The monoisotopic (exact) mass is 342 g/mol. The van der Waals surface area contributed by atoms with Crippen LogP contribution < -0.4 is 10.1 Å². The van der Waals surface area contributed by atoms with Crippen LogP contribution in [0.2, 0.25) is 0 Å². The lowest BCUT2D eigenvalue weighted by Crippen LogP contribution is -2.28. The number of rotatable bonds is 8. The van der Waals surface area contributed by atoms with Gasteiger partial charge in [-0.05, 0) is 30.0 Å². The van der Waals surface area contributed by atoms with E-state index < -0.39 is 4.92 Å². The molecule has 0 radical (unpaired) electrons. The average molecular weight is 342 g/mol. The Kier molecular flexibility index (Phi) is 6.51. The first-order valence-electron chi connectivity index (χ1n) is 8.17. The molecule has 0 heterocycles. The van der Waals surface area contributed by atoms with Crippen LogP contribution in [0, 0.1) is 17.0 Å². The molecule has 6 nitrogen and oxygen atoms in total. The molecular weight excluding hydrogens is 320 g/mol. The van der Waals surface area contributed by atoms with Crippen molar-refractivity contribution in [3.8, 4) is 5.75 Å². The van der Waals surface area contributed by atoms with Gasteiger partial charge >= 0.3 is 5.69 Å². The van der Waals surface area contributed by atoms with Gasteiger partial charge in [0, 0.05) is 12.6 Å². The summed E-state index contributed by atoms with van der Waals surface area (Å²) in [6, 6.07) is 14.6. The molecule has 6 heteroatoms. The molecule has 25 heavy (non-hydrogen) atoms. The summed E-state index contributed by atoms with van der Waals surface area (Å²) in [5, 5.41) is 13.9. The highest BCUT2D eigenvalue weighted by Crippen LogP contribution is 2.27. The van der Waals surface area contributed by atoms with Crippen LogP contribution in [0.5, 0.6) is 5.75 Å². The standard InChI is InChI=1S/C19H22N2O4/c1-14-8-9-17(21(23)24)18(12-14)25-11-10-19(22)20-13-15(2)16-6-4-3-5-7-16/h3-9,12,15H,10-11,13H2,1-2H3,(H,20,22)/t15-/m0/s1. The fraction of sp³-hybridized carbons (Fsp3) is 0.316. The topological polar surface area (TPSA) is 81.5 Å². The first kappa shape index (κ1) is 18.4. The molecule has 0 aliphatic carbocycles. The molecule has 1 N–H and O–H groups in total. The summed E-state index contributed by atoms with van der Waals surface area (Å²) in [6.45, 7) is 4.50. The predicted molar refractivity (Wildman–Crippen MR) is 95.8 cm³/mol. The van der Waals surface area contributed by atoms with E-state index in [4.69, 9.17) is 4.74 Å². The van der Waals surface area contributed by atoms with Gasteiger partial charge in [0.05, 0.1) is 18.0 Å². The Morgan fingerprint density at radius 3 is 2.64 bits per heavy atom. The summed E-state index contributed by atoms with van der Waals surface area (Å²) in [6.07, 6.45) is 0.145. The lowest BCUT2D eigenvalue weighted by molar-refractivity contribution is -0.385. The molecule has 1 amide bonds. The minimum absolute atomic E-state index is 0.0931. The maximum Gasteiger partial charge on any atom is 0.310 e. The third kappa shape index (κ3) is 5.60. The van der Waals surface area contributed by atoms with Gasteiger partial charge in [-0.2, -0.15) is 0 Å². The van der Waals surface area contributed by atoms with E-state index in [1.54, 1.807) is 12.1 Å². The van der Waals surface area contributed by atoms with Crippen LogP contribution in [0.4, 0.5) is 5.69 Å². The minimum Gasteiger partial charge on any atom is -0.486 e. The Balaban J connectivity index is 1.79. The number of ether oxygens (including phenoxy) is 1. The summed E-state index contributed by atoms with van der Waals surface area (Å²) >= 11 is 0. The zero-order valence-electron chi connectivity index (χ0n) is 14.4. The van der Waals surface area contributed by atoms with Gasteiger partial charge in [-0.15, -0.1) is 0 Å². The molecule has 0 bridgehead atoms. The molecule has 2 rings (SSSR count). The van der Waals surface area contributed by atoms with E-state index in [1.807, 2.05) is 44.2 Å². The van der Waals surface area contributed by atoms with Gasteiger partial charge in [0.2, 0.25) is 5.91 Å². The van der Waals surface area contributed by atoms with Crippen LogP contribution in [0.15, 0.2) is 48.5 Å². The molecule has 2 aromatic carbocycles. The first-order chi connectivity index (χ1) is 12.0. The number of benzene rings is 2. The van der Waals surface area contributed by atoms with Crippen molar-refractivity contribution < 1.29 is 14.5 Å². The molecule has 0 aromatic heterocycles. The highest BCUT2D eigenvalue weighted by atomic mass is 16.6. The van der Waals surface area contributed by atoms with Gasteiger partial charge in [0.1, 0.15) is 0 Å². The smallest absolute Gasteiger partial charge is 0.310 e. The van der Waals surface area contributed by atoms with Crippen molar-refractivity contribution in [1.82, 2.24) is 5.32 Å². The van der Waals surface area contributed by atoms with E-state index in [9.17, 15) is 14.9 Å². The summed E-state index contributed by atoms with van der Waals surface area (Å²) in [7, 11) is 0. The Bertz CT molecular complexity index is 731. The van der Waals surface area contributed by atoms with Crippen LogP contribution in [-0.2, 0) is 4.79 Å². The second kappa shape index (κ2) is 8.82. The molecule has 0 aliphatic heterocycles. The number of hydrogen-bond acceptors (Lipinski definition) is 4. The third-order valence-electron chi connectivity index (χ3n) is 3.87. The van der Waals surface area contributed by atoms with Gasteiger partial charge in [-0.3, -0.25) is 14.9 Å². The van der Waals surface area contributed by atoms with Crippen LogP contribution in [0.3, 0.4) is 0 Å². The minimum atomic E-state index is -0.490. The number of hydrogen-bond donors (Lipinski definition) is 1. The van der Waals surface area contributed by atoms with Crippen LogP contribution in [0.1, 0.15) is 30.4 Å². The second-order valence-electron chi connectivity index (χ2n) is 5.94. The van der Waals surface area contributed by atoms with E-state index in [0.29, 0.717) is 6.54 Å². The molecular formula is C19H22N2O4. The van der Waals surface area contributed by atoms with E-state index >= 15 is 0 Å². The van der Waals surface area contributed by atoms with Gasteiger partial charge in [-0.25, -0.2) is 0 Å². The Hall–Kier alpha value is -2.89. The van der Waals surface area contributed by atoms with Crippen molar-refractivity contribution in [2.75, 3.05) is 13.2 Å². The summed E-state index contributed by atoms with van der Waals surface area (Å²) in [5.41, 5.74) is 1.93. The Morgan fingerprint density at radius 2 is 1.96 bits per heavy atom. The van der Waals surface area contributed by atoms with E-state index in [1.165, 1.54) is 6.07 Å². The maximum atomic E-state index is 11.9. The largest absolute Gasteiger partial charge is 0.486 e. The number of nitro benzene ring substituents is 1. The van der Waals surface area contributed by atoms with Crippen molar-refractivity contribution in [3.63, 3.8) is 0 Å². The predicted octanol–water partition coefficient (Wildman–Crippen LogP) is 3.59. The molecule has 132 valence electrons. The van der Waals surface area contributed by atoms with Crippen molar-refractivity contribution >= 4 is 11.6 Å². The Morgan fingerprint density at radius 1 is 1.24 bits per heavy atom. The number of nitro groups is 1. The molecule has 0 aliphatic rings. The molecule has 0 saturated heterocycles. The fourth-order valence-corrected chi connectivity index (χ4v) is 2.40. The number of amides is 1. The average Bonchev–Trinajstić information content (AvgIpc) is 2.60. The zero-order chi connectivity index (χ0) is 18.2. The number of nitrogens with zero attached hydrogens (tertiary/aromatic N) is 1. The normalized spacial score (nSPS) is 11.6. The van der Waals surface area contributed by atoms with Gasteiger partial charge in [-0.1, -0.05) is 43.3 Å². The lowest BCUT2D eigenvalue weighted by atomic mass is 10.0. The van der Waals surface area contributed by atoms with E-state index in [0.717, 1.165) is 11.1 Å². The van der Waals surface area contributed by atoms with E-state index in [-0.39, 0.29) is 36.3 Å². The van der Waals surface area contributed by atoms with Gasteiger partial charge < -0.3 is 10.1 Å². The molecule has 0 unspecified atom stereocenters. The van der Waals surface area contributed by atoms with Crippen molar-refractivity contribution in [2.45, 2.75) is 26.2 Å². The zero-order valence-corrected chi connectivity index (χ0v) is 14.4. The summed E-state index contributed by atoms with van der Waals surface area (Å²) in [4.78, 5) is 22.4. The van der Waals surface area contributed by atoms with Crippen LogP contribution in [-0.4, -0.2) is 24.0 Å². The van der Waals surface area contributed by atoms with Crippen LogP contribution >= 0.6 is 0 Å². The molecule has 0 saturated carbocycles. The summed E-state index contributed by atoms with van der Waals surface area (Å²) < 4.78 is 5.44. The third-order valence-corrected chi connectivity index (χ3v) is 3.87. The Labute approximate surface area is 147 Å². The summed E-state index contributed by atoms with van der Waals surface area (Å²) in [5.74, 6) is 0.262. The SMILES string of the molecule is Cc1ccc([N+](=O)[O-])c(OCCC(=O)NC[C@H](C)c2ccccc2)c1. The van der Waals surface area contributed by atoms with Gasteiger partial charge in [0.25, 0.3) is 0 Å². The molecule has 0 fully saturated rings. The highest BCUT2D eigenvalue weighted by Gasteiger charge is 2.15. The maximum absolute atomic E-state index is 11.9. The molecule has 1 atom stereocenters. The number of carbonyl (C=O) groups excluding carboxylic acids is 1. The molecule has 2 aromatic rings. The number of aryl methyl sites for hydroxylation is 1. The quantitative estimate of drug-likeness (QED) is 0.587.